The van der Waals surface area contributed by atoms with Crippen molar-refractivity contribution in [2.24, 2.45) is 0 Å². The minimum atomic E-state index is -4.15. The van der Waals surface area contributed by atoms with Crippen molar-refractivity contribution in [3.05, 3.63) is 65.1 Å². The van der Waals surface area contributed by atoms with Crippen LogP contribution in [0.15, 0.2) is 47.8 Å². The molecular weight excluding hydrogens is 476 g/mol. The van der Waals surface area contributed by atoms with Gasteiger partial charge in [0, 0.05) is 18.9 Å². The Morgan fingerprint density at radius 2 is 2.00 bits per heavy atom. The lowest BCUT2D eigenvalue weighted by molar-refractivity contribution is -0.118. The van der Waals surface area contributed by atoms with Crippen LogP contribution in [0.5, 0.6) is 0 Å². The molecule has 0 bridgehead atoms. The number of rotatable bonds is 8. The minimum Gasteiger partial charge on any atom is -0.307 e. The van der Waals surface area contributed by atoms with Gasteiger partial charge >= 0.3 is 0 Å². The second-order valence-corrected chi connectivity index (χ2v) is 11.6. The van der Waals surface area contributed by atoms with E-state index in [0.717, 1.165) is 41.5 Å². The highest BCUT2D eigenvalue weighted by Crippen LogP contribution is 2.34. The number of nitriles is 1. The Balaban J connectivity index is 1.60. The van der Waals surface area contributed by atoms with Crippen LogP contribution >= 0.6 is 0 Å². The van der Waals surface area contributed by atoms with Crippen LogP contribution in [0, 0.1) is 11.3 Å². The van der Waals surface area contributed by atoms with Gasteiger partial charge in [-0.05, 0) is 93.2 Å². The van der Waals surface area contributed by atoms with Crippen LogP contribution in [-0.4, -0.2) is 54.6 Å². The maximum Gasteiger partial charge on any atom is 0.283 e. The minimum absolute atomic E-state index is 0.102. The molecule has 0 radical (unpaired) electrons. The summed E-state index contributed by atoms with van der Waals surface area (Å²) < 4.78 is 29.8. The van der Waals surface area contributed by atoms with Crippen molar-refractivity contribution in [3.8, 4) is 17.2 Å². The van der Waals surface area contributed by atoms with E-state index in [0.29, 0.717) is 6.54 Å². The first-order chi connectivity index (χ1) is 17.0. The number of likely N-dealkylation sites (N-methyl/N-ethyl adjacent to an activating group) is 1. The number of benzene rings is 1. The van der Waals surface area contributed by atoms with Gasteiger partial charge in [-0.1, -0.05) is 12.1 Å². The molecule has 0 saturated carbocycles. The highest BCUT2D eigenvalue weighted by atomic mass is 32.2. The molecule has 0 saturated heterocycles. The fourth-order valence-electron chi connectivity index (χ4n) is 4.91. The predicted octanol–water partition coefficient (Wildman–Crippen LogP) is 2.65. The van der Waals surface area contributed by atoms with Crippen molar-refractivity contribution in [1.82, 2.24) is 24.4 Å². The molecule has 2 heterocycles. The van der Waals surface area contributed by atoms with Gasteiger partial charge in [-0.3, -0.25) is 9.48 Å². The Hall–Kier alpha value is -3.55. The third-order valence-corrected chi connectivity index (χ3v) is 7.60. The lowest BCUT2D eigenvalue weighted by Crippen LogP contribution is -2.38. The molecule has 0 spiro atoms. The van der Waals surface area contributed by atoms with E-state index in [9.17, 15) is 18.5 Å². The summed E-state index contributed by atoms with van der Waals surface area (Å²) in [5.74, 6) is -0.631. The normalized spacial score (nSPS) is 13.4. The van der Waals surface area contributed by atoms with E-state index in [2.05, 4.69) is 14.8 Å². The number of aromatic nitrogens is 3. The lowest BCUT2D eigenvalue weighted by Gasteiger charge is -2.28. The summed E-state index contributed by atoms with van der Waals surface area (Å²) in [5, 5.41) is 13.3. The Labute approximate surface area is 211 Å². The average Bonchev–Trinajstić information content (AvgIpc) is 3.49. The summed E-state index contributed by atoms with van der Waals surface area (Å²) in [6, 6.07) is 10.9. The summed E-state index contributed by atoms with van der Waals surface area (Å²) in [5.41, 5.74) is 4.43. The highest BCUT2D eigenvalue weighted by Gasteiger charge is 2.28. The number of hydrogen-bond acceptors (Lipinski definition) is 7. The second kappa shape index (κ2) is 9.84. The van der Waals surface area contributed by atoms with Crippen LogP contribution in [0.1, 0.15) is 42.7 Å². The van der Waals surface area contributed by atoms with Gasteiger partial charge in [0.1, 0.15) is 11.8 Å². The van der Waals surface area contributed by atoms with Crippen molar-refractivity contribution in [3.63, 3.8) is 0 Å². The Kier molecular flexibility index (Phi) is 6.98. The van der Waals surface area contributed by atoms with E-state index < -0.39 is 21.5 Å². The van der Waals surface area contributed by atoms with E-state index in [-0.39, 0.29) is 17.1 Å². The van der Waals surface area contributed by atoms with Gasteiger partial charge in [-0.2, -0.15) is 18.8 Å². The maximum atomic E-state index is 13.1. The number of sulfonamides is 1. The summed E-state index contributed by atoms with van der Waals surface area (Å²) in [7, 11) is -0.277. The SMILES string of the molecule is CN(C)CC(C)(C)n1ccc(S(=O)(=O)NC(=O)Cc2c(-c3ccnc(C#N)c3)ccc3c2CCC3)n1. The quantitative estimate of drug-likeness (QED) is 0.498. The summed E-state index contributed by atoms with van der Waals surface area (Å²) in [4.78, 5) is 19.1. The van der Waals surface area contributed by atoms with Gasteiger partial charge in [0.05, 0.1) is 12.0 Å². The zero-order valence-electron chi connectivity index (χ0n) is 20.9. The van der Waals surface area contributed by atoms with Gasteiger partial charge in [0.2, 0.25) is 5.91 Å². The van der Waals surface area contributed by atoms with Gasteiger partial charge < -0.3 is 4.90 Å². The third kappa shape index (κ3) is 5.32. The van der Waals surface area contributed by atoms with Crippen LogP contribution in [0.4, 0.5) is 0 Å². The smallest absolute Gasteiger partial charge is 0.283 e. The van der Waals surface area contributed by atoms with Crippen molar-refractivity contribution >= 4 is 15.9 Å². The van der Waals surface area contributed by atoms with Crippen molar-refractivity contribution in [1.29, 1.82) is 5.26 Å². The maximum absolute atomic E-state index is 13.1. The number of fused-ring (bicyclic) bond motifs is 1. The van der Waals surface area contributed by atoms with Gasteiger partial charge in [-0.25, -0.2) is 9.71 Å². The van der Waals surface area contributed by atoms with E-state index in [4.69, 9.17) is 0 Å². The molecule has 4 rings (SSSR count). The molecule has 0 aliphatic heterocycles. The van der Waals surface area contributed by atoms with Crippen LogP contribution in [0.25, 0.3) is 11.1 Å². The Morgan fingerprint density at radius 1 is 1.22 bits per heavy atom. The van der Waals surface area contributed by atoms with Crippen LogP contribution < -0.4 is 4.72 Å². The number of carbonyl (C=O) groups excluding carboxylic acids is 1. The number of aryl methyl sites for hydroxylation is 1. The average molecular weight is 507 g/mol. The van der Waals surface area contributed by atoms with Gasteiger partial charge in [-0.15, -0.1) is 0 Å². The predicted molar refractivity (Wildman–Crippen MR) is 136 cm³/mol. The molecule has 1 aromatic carbocycles. The molecule has 0 unspecified atom stereocenters. The fourth-order valence-corrected chi connectivity index (χ4v) is 5.82. The van der Waals surface area contributed by atoms with Crippen LogP contribution in [0.3, 0.4) is 0 Å². The van der Waals surface area contributed by atoms with Gasteiger partial charge in [0.15, 0.2) is 5.03 Å². The standard InChI is InChI=1S/C26H30N6O3S/c1-26(2,17-31(3)4)32-13-11-25(29-32)36(34,35)30-24(33)15-23-21-7-5-6-18(21)8-9-22(23)19-10-12-28-20(14-19)16-27/h8-14H,5-7,15,17H2,1-4H3,(H,30,33). The molecule has 0 atom stereocenters. The molecule has 188 valence electrons. The highest BCUT2D eigenvalue weighted by molar-refractivity contribution is 7.90. The number of nitrogens with zero attached hydrogens (tertiary/aromatic N) is 5. The molecular formula is C26H30N6O3S. The van der Waals surface area contributed by atoms with Crippen molar-refractivity contribution in [2.75, 3.05) is 20.6 Å². The zero-order chi connectivity index (χ0) is 26.1. The van der Waals surface area contributed by atoms with E-state index in [1.807, 2.05) is 51.0 Å². The monoisotopic (exact) mass is 506 g/mol. The molecule has 1 amide bonds. The van der Waals surface area contributed by atoms with E-state index in [1.54, 1.807) is 29.2 Å². The van der Waals surface area contributed by atoms with Crippen LogP contribution in [0.2, 0.25) is 0 Å². The number of amides is 1. The Morgan fingerprint density at radius 3 is 2.72 bits per heavy atom. The molecule has 9 nitrogen and oxygen atoms in total. The number of pyridine rings is 1. The summed E-state index contributed by atoms with van der Waals surface area (Å²) in [6.07, 6.45) is 5.79. The molecule has 1 aliphatic rings. The van der Waals surface area contributed by atoms with Crippen LogP contribution in [-0.2, 0) is 39.6 Å². The second-order valence-electron chi connectivity index (χ2n) is 9.98. The number of nitrogens with one attached hydrogen (secondary N) is 1. The molecule has 10 heteroatoms. The molecule has 0 fully saturated rings. The Bertz CT molecular complexity index is 1450. The lowest BCUT2D eigenvalue weighted by atomic mass is 9.91. The first kappa shape index (κ1) is 25.5. The number of carbonyl (C=O) groups is 1. The summed E-state index contributed by atoms with van der Waals surface area (Å²) in [6.45, 7) is 4.58. The van der Waals surface area contributed by atoms with Crippen molar-refractivity contribution < 1.29 is 13.2 Å². The zero-order valence-corrected chi connectivity index (χ0v) is 21.8. The fraction of sp³-hybridized carbons (Fsp3) is 0.385. The summed E-state index contributed by atoms with van der Waals surface area (Å²) >= 11 is 0. The largest absolute Gasteiger partial charge is 0.307 e. The molecule has 1 N–H and O–H groups in total. The third-order valence-electron chi connectivity index (χ3n) is 6.34. The van der Waals surface area contributed by atoms with Gasteiger partial charge in [0.25, 0.3) is 10.0 Å². The van der Waals surface area contributed by atoms with Crippen molar-refractivity contribution in [2.45, 2.75) is 50.1 Å². The first-order valence-electron chi connectivity index (χ1n) is 11.8. The first-order valence-corrected chi connectivity index (χ1v) is 13.3. The molecule has 36 heavy (non-hydrogen) atoms. The molecule has 3 aromatic rings. The molecule has 1 aliphatic carbocycles. The molecule has 2 aromatic heterocycles. The van der Waals surface area contributed by atoms with E-state index >= 15 is 0 Å². The van der Waals surface area contributed by atoms with E-state index in [1.165, 1.54) is 11.6 Å². The topological polar surface area (TPSA) is 121 Å². The number of hydrogen-bond donors (Lipinski definition) is 1.